The Morgan fingerprint density at radius 1 is 1.10 bits per heavy atom. The summed E-state index contributed by atoms with van der Waals surface area (Å²) in [6.45, 7) is 0. The van der Waals surface area contributed by atoms with Crippen molar-refractivity contribution in [3.8, 4) is 11.5 Å². The molecule has 0 spiro atoms. The van der Waals surface area contributed by atoms with Crippen molar-refractivity contribution >= 4 is 29.3 Å². The van der Waals surface area contributed by atoms with Crippen LogP contribution in [0.1, 0.15) is 26.3 Å². The molecule has 0 bridgehead atoms. The molecule has 0 aliphatic heterocycles. The zero-order chi connectivity index (χ0) is 22.4. The Labute approximate surface area is 184 Å². The molecule has 2 amide bonds. The van der Waals surface area contributed by atoms with Crippen LogP contribution in [0, 0.1) is 0 Å². The largest absolute Gasteiger partial charge is 0.493 e. The van der Waals surface area contributed by atoms with E-state index in [2.05, 4.69) is 20.5 Å². The summed E-state index contributed by atoms with van der Waals surface area (Å²) >= 11 is 1.51. The molecule has 3 aromatic rings. The predicted octanol–water partition coefficient (Wildman–Crippen LogP) is 3.07. The third kappa shape index (κ3) is 5.34. The molecule has 0 fully saturated rings. The van der Waals surface area contributed by atoms with Gasteiger partial charge < -0.3 is 19.7 Å². The van der Waals surface area contributed by atoms with E-state index >= 15 is 0 Å². The van der Waals surface area contributed by atoms with Gasteiger partial charge in [0.05, 0.1) is 25.5 Å². The van der Waals surface area contributed by atoms with Gasteiger partial charge in [-0.25, -0.2) is 4.98 Å². The van der Waals surface area contributed by atoms with E-state index in [1.807, 2.05) is 12.1 Å². The van der Waals surface area contributed by atoms with Crippen molar-refractivity contribution in [2.75, 3.05) is 33.6 Å². The molecule has 2 aromatic carbocycles. The number of hydrogen-bond donors (Lipinski definition) is 2. The van der Waals surface area contributed by atoms with Crippen molar-refractivity contribution in [2.24, 2.45) is 0 Å². The molecule has 9 nitrogen and oxygen atoms in total. The molecule has 1 aromatic heterocycles. The number of methoxy groups -OCH3 is 2. The van der Waals surface area contributed by atoms with Crippen LogP contribution in [0.5, 0.6) is 11.5 Å². The first-order valence-electron chi connectivity index (χ1n) is 9.29. The van der Waals surface area contributed by atoms with E-state index in [-0.39, 0.29) is 11.8 Å². The fourth-order valence-corrected chi connectivity index (χ4v) is 3.50. The summed E-state index contributed by atoms with van der Waals surface area (Å²) in [5.41, 5.74) is 2.14. The number of carbonyl (C=O) groups excluding carboxylic acids is 2. The second kappa shape index (κ2) is 9.98. The van der Waals surface area contributed by atoms with Crippen molar-refractivity contribution in [3.63, 3.8) is 0 Å². The van der Waals surface area contributed by atoms with Crippen molar-refractivity contribution < 1.29 is 19.1 Å². The average Bonchev–Trinajstić information content (AvgIpc) is 3.30. The highest BCUT2D eigenvalue weighted by molar-refractivity contribution is 7.98. The van der Waals surface area contributed by atoms with E-state index in [0.29, 0.717) is 34.1 Å². The van der Waals surface area contributed by atoms with E-state index in [4.69, 9.17) is 9.47 Å². The first kappa shape index (κ1) is 22.2. The molecule has 0 aliphatic rings. The van der Waals surface area contributed by atoms with Gasteiger partial charge in [0.25, 0.3) is 11.8 Å². The van der Waals surface area contributed by atoms with Crippen LogP contribution in [0.2, 0.25) is 0 Å². The summed E-state index contributed by atoms with van der Waals surface area (Å²) < 4.78 is 10.6. The number of H-pyrrole nitrogens is 1. The van der Waals surface area contributed by atoms with Gasteiger partial charge in [-0.05, 0) is 23.8 Å². The number of benzene rings is 2. The monoisotopic (exact) mass is 441 g/mol. The molecule has 0 unspecified atom stereocenters. The summed E-state index contributed by atoms with van der Waals surface area (Å²) in [6, 6.07) is 10.4. The van der Waals surface area contributed by atoms with Crippen LogP contribution in [0.4, 0.5) is 5.69 Å². The van der Waals surface area contributed by atoms with Gasteiger partial charge in [-0.3, -0.25) is 14.7 Å². The van der Waals surface area contributed by atoms with Gasteiger partial charge in [0.1, 0.15) is 6.33 Å². The molecule has 0 radical (unpaired) electrons. The maximum absolute atomic E-state index is 12.8. The molecular formula is C21H23N5O4S. The number of ether oxygens (including phenoxy) is 2. The first-order valence-corrected chi connectivity index (χ1v) is 10.3. The molecule has 3 rings (SSSR count). The van der Waals surface area contributed by atoms with Gasteiger partial charge in [0.2, 0.25) is 0 Å². The fraction of sp³-hybridized carbons (Fsp3) is 0.238. The van der Waals surface area contributed by atoms with Crippen LogP contribution in [0.3, 0.4) is 0 Å². The average molecular weight is 442 g/mol. The third-order valence-corrected chi connectivity index (χ3v) is 5.34. The molecule has 0 saturated heterocycles. The highest BCUT2D eigenvalue weighted by Gasteiger charge is 2.20. The summed E-state index contributed by atoms with van der Waals surface area (Å²) in [5.74, 6) is 0.895. The van der Waals surface area contributed by atoms with Crippen LogP contribution in [-0.2, 0) is 5.75 Å². The first-order chi connectivity index (χ1) is 14.9. The smallest absolute Gasteiger partial charge is 0.255 e. The molecule has 0 saturated carbocycles. The lowest BCUT2D eigenvalue weighted by Gasteiger charge is -2.18. The number of carbonyl (C=O) groups is 2. The van der Waals surface area contributed by atoms with Crippen molar-refractivity contribution in [2.45, 2.75) is 10.9 Å². The molecule has 1 heterocycles. The Kier molecular flexibility index (Phi) is 7.14. The van der Waals surface area contributed by atoms with Gasteiger partial charge in [-0.1, -0.05) is 23.9 Å². The highest BCUT2D eigenvalue weighted by Crippen LogP contribution is 2.34. The van der Waals surface area contributed by atoms with Crippen LogP contribution in [0.15, 0.2) is 47.9 Å². The minimum Gasteiger partial charge on any atom is -0.493 e. The minimum absolute atomic E-state index is 0.268. The molecule has 162 valence electrons. The lowest BCUT2D eigenvalue weighted by molar-refractivity contribution is 0.0828. The van der Waals surface area contributed by atoms with Crippen molar-refractivity contribution in [1.29, 1.82) is 0 Å². The molecule has 2 N–H and O–H groups in total. The van der Waals surface area contributed by atoms with Gasteiger partial charge in [0.15, 0.2) is 16.7 Å². The number of anilines is 1. The number of nitrogens with zero attached hydrogens (tertiary/aromatic N) is 3. The van der Waals surface area contributed by atoms with E-state index in [1.54, 1.807) is 38.4 Å². The third-order valence-electron chi connectivity index (χ3n) is 4.39. The Morgan fingerprint density at radius 3 is 2.35 bits per heavy atom. The maximum Gasteiger partial charge on any atom is 0.255 e. The van der Waals surface area contributed by atoms with Crippen LogP contribution in [-0.4, -0.2) is 60.2 Å². The summed E-state index contributed by atoms with van der Waals surface area (Å²) in [6.07, 6.45) is 1.46. The number of thioether (sulfide) groups is 1. The van der Waals surface area contributed by atoms with Crippen LogP contribution >= 0.6 is 11.8 Å². The Balaban J connectivity index is 1.79. The van der Waals surface area contributed by atoms with Crippen LogP contribution < -0.4 is 14.8 Å². The molecule has 31 heavy (non-hydrogen) atoms. The summed E-state index contributed by atoms with van der Waals surface area (Å²) in [5, 5.41) is 10.1. The van der Waals surface area contributed by atoms with E-state index in [1.165, 1.54) is 37.2 Å². The topological polar surface area (TPSA) is 109 Å². The normalized spacial score (nSPS) is 10.5. The van der Waals surface area contributed by atoms with Crippen LogP contribution in [0.25, 0.3) is 0 Å². The molecular weight excluding hydrogens is 418 g/mol. The highest BCUT2D eigenvalue weighted by atomic mass is 32.2. The maximum atomic E-state index is 12.8. The van der Waals surface area contributed by atoms with Gasteiger partial charge in [-0.2, -0.15) is 5.10 Å². The minimum atomic E-state index is -0.338. The number of rotatable bonds is 8. The second-order valence-electron chi connectivity index (χ2n) is 6.68. The lowest BCUT2D eigenvalue weighted by atomic mass is 10.1. The number of nitrogens with one attached hydrogen (secondary N) is 2. The number of aromatic nitrogens is 3. The number of hydrogen-bond acceptors (Lipinski definition) is 7. The van der Waals surface area contributed by atoms with Crippen molar-refractivity contribution in [3.05, 3.63) is 59.4 Å². The lowest BCUT2D eigenvalue weighted by Crippen LogP contribution is -2.24. The number of amides is 2. The van der Waals surface area contributed by atoms with E-state index in [9.17, 15) is 9.59 Å². The predicted molar refractivity (Wildman–Crippen MR) is 118 cm³/mol. The SMILES string of the molecule is COc1cc(NC(=O)c2ccc(CSc3ncn[nH]3)cc2)c(C(=O)N(C)C)cc1OC. The zero-order valence-electron chi connectivity index (χ0n) is 17.6. The molecule has 0 aliphatic carbocycles. The Hall–Kier alpha value is -3.53. The van der Waals surface area contributed by atoms with E-state index in [0.717, 1.165) is 10.7 Å². The fourth-order valence-electron chi connectivity index (χ4n) is 2.76. The molecule has 10 heteroatoms. The second-order valence-corrected chi connectivity index (χ2v) is 7.65. The van der Waals surface area contributed by atoms with Gasteiger partial charge in [0, 0.05) is 31.5 Å². The standard InChI is InChI=1S/C21H23N5O4S/c1-26(2)20(28)15-9-17(29-3)18(30-4)10-16(15)24-19(27)14-7-5-13(6-8-14)11-31-21-22-12-23-25-21/h5-10,12H,11H2,1-4H3,(H,24,27)(H,22,23,25). The quantitative estimate of drug-likeness (QED) is 0.517. The van der Waals surface area contributed by atoms with Gasteiger partial charge >= 0.3 is 0 Å². The zero-order valence-corrected chi connectivity index (χ0v) is 18.4. The Morgan fingerprint density at radius 2 is 1.77 bits per heavy atom. The summed E-state index contributed by atoms with van der Waals surface area (Å²) in [7, 11) is 6.26. The molecule has 0 atom stereocenters. The summed E-state index contributed by atoms with van der Waals surface area (Å²) in [4.78, 5) is 31.0. The van der Waals surface area contributed by atoms with E-state index < -0.39 is 0 Å². The Bertz CT molecular complexity index is 1050. The number of aromatic amines is 1. The van der Waals surface area contributed by atoms with Gasteiger partial charge in [-0.15, -0.1) is 0 Å². The van der Waals surface area contributed by atoms with Crippen molar-refractivity contribution in [1.82, 2.24) is 20.1 Å².